The Bertz CT molecular complexity index is 221. The molecule has 0 amide bonds. The molecule has 0 fully saturated rings. The number of para-hydroxylation sites is 1. The van der Waals surface area contributed by atoms with Gasteiger partial charge in [0.25, 0.3) is 0 Å². The van der Waals surface area contributed by atoms with E-state index in [1.807, 2.05) is 30.3 Å². The Morgan fingerprint density at radius 2 is 2.09 bits per heavy atom. The lowest BCUT2D eigenvalue weighted by molar-refractivity contribution is 0.312. The van der Waals surface area contributed by atoms with E-state index < -0.39 is 0 Å². The van der Waals surface area contributed by atoms with E-state index in [1.54, 1.807) is 0 Å². The van der Waals surface area contributed by atoms with E-state index in [0.29, 0.717) is 6.61 Å². The molecule has 1 aromatic carbocycles. The van der Waals surface area contributed by atoms with Gasteiger partial charge in [0.05, 0.1) is 6.21 Å². The Balaban J connectivity index is 2.39. The quantitative estimate of drug-likeness (QED) is 0.404. The van der Waals surface area contributed by atoms with Crippen molar-refractivity contribution in [1.82, 2.24) is 0 Å². The minimum atomic E-state index is 0.292. The fourth-order valence-corrected chi connectivity index (χ4v) is 0.684. The standard InChI is InChI=1S/C8H9NO2/c10-9-6-7-11-8-4-2-1-3-5-8/h1-6,10H,7H2/b9-6+. The van der Waals surface area contributed by atoms with Crippen LogP contribution in [-0.4, -0.2) is 18.0 Å². The zero-order valence-electron chi connectivity index (χ0n) is 5.97. The van der Waals surface area contributed by atoms with Crippen LogP contribution in [0, 0.1) is 0 Å². The van der Waals surface area contributed by atoms with Gasteiger partial charge in [-0.25, -0.2) is 0 Å². The second-order valence-corrected chi connectivity index (χ2v) is 1.92. The largest absolute Gasteiger partial charge is 0.488 e. The van der Waals surface area contributed by atoms with Crippen LogP contribution in [0.25, 0.3) is 0 Å². The molecular weight excluding hydrogens is 142 g/mol. The lowest BCUT2D eigenvalue weighted by Crippen LogP contribution is -1.97. The lowest BCUT2D eigenvalue weighted by Gasteiger charge is -1.99. The number of rotatable bonds is 3. The minimum absolute atomic E-state index is 0.292. The number of hydrogen-bond acceptors (Lipinski definition) is 3. The summed E-state index contributed by atoms with van der Waals surface area (Å²) in [6.07, 6.45) is 1.28. The molecule has 1 aromatic rings. The highest BCUT2D eigenvalue weighted by molar-refractivity contribution is 5.57. The molecule has 0 atom stereocenters. The number of ether oxygens (including phenoxy) is 1. The number of benzene rings is 1. The Hall–Kier alpha value is -1.51. The zero-order valence-corrected chi connectivity index (χ0v) is 5.97. The van der Waals surface area contributed by atoms with Gasteiger partial charge in [-0.05, 0) is 12.1 Å². The second kappa shape index (κ2) is 4.33. The smallest absolute Gasteiger partial charge is 0.127 e. The third-order valence-electron chi connectivity index (χ3n) is 1.15. The Morgan fingerprint density at radius 1 is 1.36 bits per heavy atom. The van der Waals surface area contributed by atoms with Gasteiger partial charge < -0.3 is 9.94 Å². The lowest BCUT2D eigenvalue weighted by atomic mass is 10.3. The Morgan fingerprint density at radius 3 is 2.73 bits per heavy atom. The molecule has 3 nitrogen and oxygen atoms in total. The number of oxime groups is 1. The Kier molecular flexibility index (Phi) is 2.99. The van der Waals surface area contributed by atoms with Crippen LogP contribution in [0.4, 0.5) is 0 Å². The van der Waals surface area contributed by atoms with Gasteiger partial charge in [-0.2, -0.15) is 0 Å². The molecule has 0 bridgehead atoms. The SMILES string of the molecule is O/N=C/COc1ccccc1. The van der Waals surface area contributed by atoms with Crippen molar-refractivity contribution in [1.29, 1.82) is 0 Å². The van der Waals surface area contributed by atoms with E-state index in [-0.39, 0.29) is 0 Å². The third-order valence-corrected chi connectivity index (χ3v) is 1.15. The van der Waals surface area contributed by atoms with E-state index in [9.17, 15) is 0 Å². The molecule has 0 radical (unpaired) electrons. The summed E-state index contributed by atoms with van der Waals surface area (Å²) in [7, 11) is 0. The highest BCUT2D eigenvalue weighted by atomic mass is 16.5. The molecule has 0 saturated heterocycles. The molecule has 0 aliphatic heterocycles. The van der Waals surface area contributed by atoms with Gasteiger partial charge in [0.2, 0.25) is 0 Å². The number of hydrogen-bond donors (Lipinski definition) is 1. The highest BCUT2D eigenvalue weighted by Gasteiger charge is 1.86. The molecule has 1 N–H and O–H groups in total. The van der Waals surface area contributed by atoms with Crippen molar-refractivity contribution >= 4 is 6.21 Å². The van der Waals surface area contributed by atoms with Gasteiger partial charge in [0, 0.05) is 0 Å². The fraction of sp³-hybridized carbons (Fsp3) is 0.125. The van der Waals surface area contributed by atoms with Crippen LogP contribution in [0.2, 0.25) is 0 Å². The summed E-state index contributed by atoms with van der Waals surface area (Å²) in [4.78, 5) is 0. The fourth-order valence-electron chi connectivity index (χ4n) is 0.684. The molecule has 0 unspecified atom stereocenters. The predicted molar refractivity (Wildman–Crippen MR) is 42.2 cm³/mol. The second-order valence-electron chi connectivity index (χ2n) is 1.92. The van der Waals surface area contributed by atoms with Gasteiger partial charge in [-0.15, -0.1) is 0 Å². The molecule has 3 heteroatoms. The molecular formula is C8H9NO2. The van der Waals surface area contributed by atoms with E-state index in [1.165, 1.54) is 6.21 Å². The van der Waals surface area contributed by atoms with Crippen molar-refractivity contribution < 1.29 is 9.94 Å². The van der Waals surface area contributed by atoms with Gasteiger partial charge in [-0.1, -0.05) is 23.4 Å². The van der Waals surface area contributed by atoms with Crippen molar-refractivity contribution in [2.75, 3.05) is 6.61 Å². The summed E-state index contributed by atoms with van der Waals surface area (Å²) in [6.45, 7) is 0.292. The first-order valence-electron chi connectivity index (χ1n) is 3.27. The molecule has 0 aliphatic rings. The Labute approximate surface area is 64.9 Å². The van der Waals surface area contributed by atoms with E-state index in [2.05, 4.69) is 5.16 Å². The van der Waals surface area contributed by atoms with Crippen molar-refractivity contribution in [3.63, 3.8) is 0 Å². The van der Waals surface area contributed by atoms with Crippen LogP contribution in [0.1, 0.15) is 0 Å². The van der Waals surface area contributed by atoms with Crippen molar-refractivity contribution in [3.05, 3.63) is 30.3 Å². The topological polar surface area (TPSA) is 41.8 Å². The first-order chi connectivity index (χ1) is 5.43. The summed E-state index contributed by atoms with van der Waals surface area (Å²) in [5.41, 5.74) is 0. The summed E-state index contributed by atoms with van der Waals surface area (Å²) >= 11 is 0. The molecule has 11 heavy (non-hydrogen) atoms. The van der Waals surface area contributed by atoms with Crippen LogP contribution in [0.3, 0.4) is 0 Å². The third kappa shape index (κ3) is 2.71. The maximum absolute atomic E-state index is 8.03. The zero-order chi connectivity index (χ0) is 7.94. The average Bonchev–Trinajstić information content (AvgIpc) is 2.07. The normalized spacial score (nSPS) is 10.2. The summed E-state index contributed by atoms with van der Waals surface area (Å²) < 4.78 is 5.14. The van der Waals surface area contributed by atoms with Gasteiger partial charge >= 0.3 is 0 Å². The first-order valence-corrected chi connectivity index (χ1v) is 3.27. The molecule has 0 aromatic heterocycles. The molecule has 1 rings (SSSR count). The van der Waals surface area contributed by atoms with E-state index in [0.717, 1.165) is 5.75 Å². The number of nitrogens with zero attached hydrogens (tertiary/aromatic N) is 1. The van der Waals surface area contributed by atoms with Gasteiger partial charge in [-0.3, -0.25) is 0 Å². The monoisotopic (exact) mass is 151 g/mol. The van der Waals surface area contributed by atoms with Crippen LogP contribution in [0.5, 0.6) is 5.75 Å². The van der Waals surface area contributed by atoms with E-state index >= 15 is 0 Å². The van der Waals surface area contributed by atoms with E-state index in [4.69, 9.17) is 9.94 Å². The summed E-state index contributed by atoms with van der Waals surface area (Å²) in [5, 5.41) is 10.8. The van der Waals surface area contributed by atoms with Crippen molar-refractivity contribution in [2.45, 2.75) is 0 Å². The molecule has 0 saturated carbocycles. The first kappa shape index (κ1) is 7.60. The van der Waals surface area contributed by atoms with Crippen LogP contribution < -0.4 is 4.74 Å². The summed E-state index contributed by atoms with van der Waals surface area (Å²) in [5.74, 6) is 0.771. The molecule has 0 aliphatic carbocycles. The maximum atomic E-state index is 8.03. The summed E-state index contributed by atoms with van der Waals surface area (Å²) in [6, 6.07) is 9.35. The molecule has 58 valence electrons. The van der Waals surface area contributed by atoms with Gasteiger partial charge in [0.15, 0.2) is 0 Å². The molecule has 0 spiro atoms. The van der Waals surface area contributed by atoms with Crippen LogP contribution in [0.15, 0.2) is 35.5 Å². The van der Waals surface area contributed by atoms with Crippen molar-refractivity contribution in [2.24, 2.45) is 5.16 Å². The maximum Gasteiger partial charge on any atom is 0.127 e. The van der Waals surface area contributed by atoms with Crippen LogP contribution >= 0.6 is 0 Å². The van der Waals surface area contributed by atoms with Crippen molar-refractivity contribution in [3.8, 4) is 5.75 Å². The highest BCUT2D eigenvalue weighted by Crippen LogP contribution is 2.06. The van der Waals surface area contributed by atoms with Gasteiger partial charge in [0.1, 0.15) is 12.4 Å². The predicted octanol–water partition coefficient (Wildman–Crippen LogP) is 1.53. The minimum Gasteiger partial charge on any atom is -0.488 e. The average molecular weight is 151 g/mol. The molecule has 0 heterocycles. The van der Waals surface area contributed by atoms with Crippen LogP contribution in [-0.2, 0) is 0 Å².